The monoisotopic (exact) mass is 729 g/mol. The summed E-state index contributed by atoms with van der Waals surface area (Å²) in [6.07, 6.45) is 9.99. The average Bonchev–Trinajstić information content (AvgIpc) is 3.42. The van der Waals surface area contributed by atoms with Crippen molar-refractivity contribution in [3.63, 3.8) is 0 Å². The van der Waals surface area contributed by atoms with E-state index in [0.29, 0.717) is 48.4 Å². The molecule has 1 aliphatic carbocycles. The van der Waals surface area contributed by atoms with Crippen molar-refractivity contribution in [2.75, 3.05) is 25.0 Å². The molecule has 0 radical (unpaired) electrons. The molecule has 1 saturated carbocycles. The van der Waals surface area contributed by atoms with Crippen LogP contribution in [0.4, 0.5) is 10.5 Å². The molecule has 0 aromatic carbocycles. The summed E-state index contributed by atoms with van der Waals surface area (Å²) in [5.41, 5.74) is 0.139. The van der Waals surface area contributed by atoms with Crippen LogP contribution in [-0.2, 0) is 14.8 Å². The van der Waals surface area contributed by atoms with Gasteiger partial charge in [-0.05, 0) is 109 Å². The normalized spacial score (nSPS) is 18.1. The van der Waals surface area contributed by atoms with Gasteiger partial charge in [-0.15, -0.1) is 5.10 Å². The highest BCUT2D eigenvalue weighted by Crippen LogP contribution is 2.48. The highest BCUT2D eigenvalue weighted by atomic mass is 35.5. The zero-order valence-electron chi connectivity index (χ0n) is 29.7. The molecule has 0 spiro atoms. The molecule has 15 heteroatoms. The van der Waals surface area contributed by atoms with E-state index >= 15 is 0 Å². The number of aromatic nitrogens is 4. The second kappa shape index (κ2) is 14.7. The van der Waals surface area contributed by atoms with Gasteiger partial charge in [-0.1, -0.05) is 24.9 Å². The Morgan fingerprint density at radius 3 is 2.50 bits per heavy atom. The first-order chi connectivity index (χ1) is 23.4. The molecular weight excluding hydrogens is 682 g/mol. The lowest BCUT2D eigenvalue weighted by Gasteiger charge is -2.33. The van der Waals surface area contributed by atoms with Gasteiger partial charge in [0.15, 0.2) is 10.8 Å². The minimum atomic E-state index is -4.28. The number of likely N-dealkylation sites (tertiary alicyclic amines) is 1. The van der Waals surface area contributed by atoms with Gasteiger partial charge in [0.05, 0.1) is 24.1 Å². The molecule has 3 aromatic rings. The van der Waals surface area contributed by atoms with Crippen LogP contribution in [0.2, 0.25) is 5.15 Å². The van der Waals surface area contributed by atoms with Crippen molar-refractivity contribution in [1.82, 2.24) is 29.4 Å². The van der Waals surface area contributed by atoms with Gasteiger partial charge < -0.3 is 19.7 Å². The summed E-state index contributed by atoms with van der Waals surface area (Å²) >= 11 is 6.29. The van der Waals surface area contributed by atoms with E-state index < -0.39 is 21.5 Å². The number of nitrogens with zero attached hydrogens (tertiary/aromatic N) is 5. The number of anilines is 1. The summed E-state index contributed by atoms with van der Waals surface area (Å²) in [7, 11) is -4.28. The summed E-state index contributed by atoms with van der Waals surface area (Å²) < 4.78 is 40.7. The zero-order valence-corrected chi connectivity index (χ0v) is 31.2. The Morgan fingerprint density at radius 2 is 1.84 bits per heavy atom. The third kappa shape index (κ3) is 9.87. The first kappa shape index (κ1) is 37.3. The summed E-state index contributed by atoms with van der Waals surface area (Å²) in [5, 5.41) is 7.12. The fraction of sp³-hybridized carbons (Fsp3) is 0.571. The van der Waals surface area contributed by atoms with Crippen molar-refractivity contribution in [1.29, 1.82) is 0 Å². The number of hydrogen-bond donors (Lipinski definition) is 2. The highest BCUT2D eigenvalue weighted by Gasteiger charge is 2.42. The van der Waals surface area contributed by atoms with E-state index in [1.54, 1.807) is 18.3 Å². The molecule has 1 unspecified atom stereocenters. The van der Waals surface area contributed by atoms with Crippen molar-refractivity contribution >= 4 is 39.3 Å². The lowest BCUT2D eigenvalue weighted by atomic mass is 9.93. The first-order valence-electron chi connectivity index (χ1n) is 17.1. The number of rotatable bonds is 14. The molecule has 1 aliphatic heterocycles. The number of carbonyl (C=O) groups is 2. The number of unbranched alkanes of at least 4 members (excludes halogenated alkanes) is 1. The fourth-order valence-corrected chi connectivity index (χ4v) is 7.11. The topological polar surface area (TPSA) is 158 Å². The molecule has 3 aromatic heterocycles. The summed E-state index contributed by atoms with van der Waals surface area (Å²) in [6.45, 7) is 13.9. The quantitative estimate of drug-likeness (QED) is 0.136. The van der Waals surface area contributed by atoms with Crippen LogP contribution >= 0.6 is 11.6 Å². The molecule has 50 heavy (non-hydrogen) atoms. The van der Waals surface area contributed by atoms with Crippen molar-refractivity contribution in [2.24, 2.45) is 11.3 Å². The molecule has 1 saturated heterocycles. The lowest BCUT2D eigenvalue weighted by Crippen LogP contribution is -2.45. The molecular formula is C35H48ClN7O6S. The van der Waals surface area contributed by atoms with E-state index in [1.807, 2.05) is 30.4 Å². The Balaban J connectivity index is 1.06. The van der Waals surface area contributed by atoms with Crippen molar-refractivity contribution in [2.45, 2.75) is 103 Å². The highest BCUT2D eigenvalue weighted by molar-refractivity contribution is 7.90. The molecule has 13 nitrogen and oxygen atoms in total. The number of halogens is 1. The molecule has 2 amide bonds. The smallest absolute Gasteiger partial charge is 0.410 e. The Kier molecular flexibility index (Phi) is 11.0. The van der Waals surface area contributed by atoms with E-state index in [1.165, 1.54) is 41.9 Å². The van der Waals surface area contributed by atoms with E-state index in [-0.39, 0.29) is 27.4 Å². The Hall–Kier alpha value is -3.91. The number of hydrogen-bond acceptors (Lipinski definition) is 10. The van der Waals surface area contributed by atoms with Gasteiger partial charge >= 0.3 is 6.09 Å². The van der Waals surface area contributed by atoms with Crippen molar-refractivity contribution < 1.29 is 27.5 Å². The minimum absolute atomic E-state index is 0.114. The molecule has 0 bridgehead atoms. The largest absolute Gasteiger partial charge is 0.477 e. The van der Waals surface area contributed by atoms with E-state index in [9.17, 15) is 18.0 Å². The van der Waals surface area contributed by atoms with Crippen molar-refractivity contribution in [3.05, 3.63) is 53.4 Å². The number of sulfonamides is 1. The fourth-order valence-electron chi connectivity index (χ4n) is 5.98. The van der Waals surface area contributed by atoms with Gasteiger partial charge in [0.2, 0.25) is 5.88 Å². The van der Waals surface area contributed by atoms with E-state index in [2.05, 4.69) is 41.2 Å². The molecule has 2 fully saturated rings. The molecule has 2 N–H and O–H groups in total. The maximum Gasteiger partial charge on any atom is 0.410 e. The van der Waals surface area contributed by atoms with Crippen LogP contribution in [0.25, 0.3) is 5.82 Å². The van der Waals surface area contributed by atoms with Crippen molar-refractivity contribution in [3.8, 4) is 11.7 Å². The van der Waals surface area contributed by atoms with Crippen LogP contribution in [0.3, 0.4) is 0 Å². The molecule has 272 valence electrons. The van der Waals surface area contributed by atoms with E-state index in [4.69, 9.17) is 21.1 Å². The maximum atomic E-state index is 12.9. The number of carbonyl (C=O) groups excluding carboxylic acids is 2. The van der Waals surface area contributed by atoms with Crippen LogP contribution < -0.4 is 14.8 Å². The molecule has 1 atom stereocenters. The zero-order chi connectivity index (χ0) is 36.3. The van der Waals surface area contributed by atoms with Crippen LogP contribution in [0.1, 0.15) is 96.8 Å². The number of amides is 2. The number of nitrogens with one attached hydrogen (secondary N) is 2. The standard InChI is InChI=1S/C35H48ClN7O6S/c1-33(2,3)49-32(45)42-23-24(21-34(42,4)5)9-7-8-18-37-25-10-13-29(38-22-25)50(46,47)41-31(44)26-11-12-27(39-30(26)36)43-19-14-28(40-43)48-20-17-35(6)15-16-35/h10-14,19,22,24,37H,7-9,15-18,20-21,23H2,1-6H3,(H,41,44). The van der Waals surface area contributed by atoms with Gasteiger partial charge in [0.25, 0.3) is 15.9 Å². The van der Waals surface area contributed by atoms with Crippen LogP contribution in [0, 0.1) is 11.3 Å². The summed E-state index contributed by atoms with van der Waals surface area (Å²) in [6, 6.07) is 7.54. The number of pyridine rings is 2. The second-order valence-electron chi connectivity index (χ2n) is 15.2. The summed E-state index contributed by atoms with van der Waals surface area (Å²) in [4.78, 5) is 35.7. The first-order valence-corrected chi connectivity index (χ1v) is 18.9. The van der Waals surface area contributed by atoms with Crippen LogP contribution in [0.5, 0.6) is 5.88 Å². The molecule has 4 heterocycles. The lowest BCUT2D eigenvalue weighted by molar-refractivity contribution is 0.0130. The van der Waals surface area contributed by atoms with Gasteiger partial charge in [-0.2, -0.15) is 8.42 Å². The van der Waals surface area contributed by atoms with Gasteiger partial charge in [0.1, 0.15) is 10.8 Å². The van der Waals surface area contributed by atoms with Gasteiger partial charge in [-0.25, -0.2) is 24.2 Å². The Labute approximate surface area is 299 Å². The van der Waals surface area contributed by atoms with Crippen LogP contribution in [0.15, 0.2) is 47.8 Å². The number of ether oxygens (including phenoxy) is 2. The maximum absolute atomic E-state index is 12.9. The van der Waals surface area contributed by atoms with Gasteiger partial charge in [0, 0.05) is 30.9 Å². The predicted octanol–water partition coefficient (Wildman–Crippen LogP) is 6.62. The SMILES string of the molecule is CC1(CCOc2ccn(-c3ccc(C(=O)NS(=O)(=O)c4ccc(NCCCCC5CN(C(=O)OC(C)(C)C)C(C)(C)C5)cn4)c(Cl)n3)n2)CC1. The third-order valence-corrected chi connectivity index (χ3v) is 10.7. The minimum Gasteiger partial charge on any atom is -0.477 e. The van der Waals surface area contributed by atoms with Crippen LogP contribution in [-0.4, -0.2) is 75.9 Å². The molecule has 5 rings (SSSR count). The third-order valence-electron chi connectivity index (χ3n) is 9.12. The Morgan fingerprint density at radius 1 is 1.08 bits per heavy atom. The predicted molar refractivity (Wildman–Crippen MR) is 190 cm³/mol. The van der Waals surface area contributed by atoms with Gasteiger partial charge in [-0.3, -0.25) is 4.79 Å². The van der Waals surface area contributed by atoms with E-state index in [0.717, 1.165) is 32.1 Å². The Bertz CT molecular complexity index is 1790. The second-order valence-corrected chi connectivity index (χ2v) is 17.2. The summed E-state index contributed by atoms with van der Waals surface area (Å²) in [5.74, 6) is 0.260. The average molecular weight is 730 g/mol. The molecule has 2 aliphatic rings.